The molecule has 1 fully saturated rings. The normalized spacial score (nSPS) is 15.4. The highest BCUT2D eigenvalue weighted by atomic mass is 16.5. The molecule has 0 saturated carbocycles. The van der Waals surface area contributed by atoms with Gasteiger partial charge in [0.15, 0.2) is 0 Å². The summed E-state index contributed by atoms with van der Waals surface area (Å²) >= 11 is 0. The number of ether oxygens (including phenoxy) is 2. The van der Waals surface area contributed by atoms with Gasteiger partial charge in [-0.25, -0.2) is 0 Å². The van der Waals surface area contributed by atoms with Gasteiger partial charge in [-0.1, -0.05) is 36.4 Å². The summed E-state index contributed by atoms with van der Waals surface area (Å²) in [5.41, 5.74) is 11.7. The summed E-state index contributed by atoms with van der Waals surface area (Å²) in [7, 11) is 0. The van der Waals surface area contributed by atoms with Crippen molar-refractivity contribution in [2.45, 2.75) is 38.5 Å². The minimum absolute atomic E-state index is 0.0731. The zero-order chi connectivity index (χ0) is 23.0. The zero-order valence-corrected chi connectivity index (χ0v) is 18.6. The second kappa shape index (κ2) is 11.0. The van der Waals surface area contributed by atoms with Crippen molar-refractivity contribution < 1.29 is 19.4 Å². The van der Waals surface area contributed by atoms with Gasteiger partial charge in [0.2, 0.25) is 0 Å². The molecule has 1 aliphatic rings. The topological polar surface area (TPSA) is 93.8 Å². The molecule has 0 radical (unpaired) electrons. The summed E-state index contributed by atoms with van der Waals surface area (Å²) < 4.78 is 11.8. The Bertz CT molecular complexity index is 1090. The highest BCUT2D eigenvalue weighted by Gasteiger charge is 2.15. The molecule has 0 spiro atoms. The average Bonchev–Trinajstić information content (AvgIpc) is 3.36. The highest BCUT2D eigenvalue weighted by Crippen LogP contribution is 2.28. The van der Waals surface area contributed by atoms with Crippen molar-refractivity contribution in [1.82, 2.24) is 0 Å². The van der Waals surface area contributed by atoms with E-state index in [9.17, 15) is 9.90 Å². The van der Waals surface area contributed by atoms with Crippen LogP contribution in [-0.2, 0) is 29.1 Å². The van der Waals surface area contributed by atoms with Gasteiger partial charge in [0.05, 0.1) is 12.5 Å². The maximum atomic E-state index is 11.2. The molecule has 0 amide bonds. The van der Waals surface area contributed by atoms with Crippen molar-refractivity contribution in [1.29, 1.82) is 0 Å². The quantitative estimate of drug-likeness (QED) is 0.421. The fraction of sp³-hybridized carbons (Fsp3) is 0.296. The fourth-order valence-electron chi connectivity index (χ4n) is 4.07. The van der Waals surface area contributed by atoms with Gasteiger partial charge in [0.25, 0.3) is 0 Å². The van der Waals surface area contributed by atoms with Crippen molar-refractivity contribution in [2.24, 2.45) is 5.73 Å². The Hall–Kier alpha value is -3.35. The summed E-state index contributed by atoms with van der Waals surface area (Å²) in [6.45, 7) is 2.40. The van der Waals surface area contributed by atoms with Gasteiger partial charge < -0.3 is 25.6 Å². The van der Waals surface area contributed by atoms with E-state index in [1.807, 2.05) is 30.3 Å². The van der Waals surface area contributed by atoms with Crippen LogP contribution in [0.1, 0.15) is 29.5 Å². The Balaban J connectivity index is 1.58. The molecule has 4 N–H and O–H groups in total. The predicted molar refractivity (Wildman–Crippen MR) is 129 cm³/mol. The summed E-state index contributed by atoms with van der Waals surface area (Å²) in [5.74, 6) is -0.294. The smallest absolute Gasteiger partial charge is 0.307 e. The Kier molecular flexibility index (Phi) is 7.60. The number of hydrogen-bond donors (Lipinski definition) is 3. The average molecular weight is 447 g/mol. The van der Waals surface area contributed by atoms with Crippen LogP contribution in [0.2, 0.25) is 0 Å². The van der Waals surface area contributed by atoms with Crippen LogP contribution >= 0.6 is 0 Å². The molecule has 6 nitrogen and oxygen atoms in total. The SMILES string of the molecule is NCc1cccc(-c2cc(COc3ccccc3CC(=O)O)cc(NCC3CCCO3)c2)c1. The molecule has 3 aromatic rings. The predicted octanol–water partition coefficient (Wildman–Crippen LogP) is 4.61. The van der Waals surface area contributed by atoms with Crippen LogP contribution in [0.15, 0.2) is 66.7 Å². The van der Waals surface area contributed by atoms with Crippen molar-refractivity contribution in [2.75, 3.05) is 18.5 Å². The van der Waals surface area contributed by atoms with E-state index in [2.05, 4.69) is 35.6 Å². The summed E-state index contributed by atoms with van der Waals surface area (Å²) in [6.07, 6.45) is 2.34. The summed E-state index contributed by atoms with van der Waals surface area (Å²) in [4.78, 5) is 11.2. The first kappa shape index (κ1) is 22.8. The van der Waals surface area contributed by atoms with Crippen LogP contribution in [0.25, 0.3) is 11.1 Å². The van der Waals surface area contributed by atoms with Crippen LogP contribution in [0, 0.1) is 0 Å². The van der Waals surface area contributed by atoms with Crippen molar-refractivity contribution >= 4 is 11.7 Å². The largest absolute Gasteiger partial charge is 0.489 e. The van der Waals surface area contributed by atoms with E-state index in [1.54, 1.807) is 6.07 Å². The molecule has 6 heteroatoms. The molecule has 1 aliphatic heterocycles. The number of carboxylic acid groups (broad SMARTS) is 1. The molecular formula is C27H30N2O4. The minimum atomic E-state index is -0.881. The van der Waals surface area contributed by atoms with E-state index in [1.165, 1.54) is 0 Å². The molecule has 0 aliphatic carbocycles. The lowest BCUT2D eigenvalue weighted by Crippen LogP contribution is -2.18. The molecule has 33 heavy (non-hydrogen) atoms. The lowest BCUT2D eigenvalue weighted by atomic mass is 10.00. The standard InChI is InChI=1S/C27H30N2O4/c28-16-19-5-3-7-21(11-19)23-12-20(13-24(14-23)29-17-25-8-4-10-32-25)18-33-26-9-2-1-6-22(26)15-27(30)31/h1-3,5-7,9,11-14,25,29H,4,8,10,15-18,28H2,(H,30,31). The lowest BCUT2D eigenvalue weighted by Gasteiger charge is -2.16. The van der Waals surface area contributed by atoms with Gasteiger partial charge in [0, 0.05) is 30.9 Å². The number of nitrogens with one attached hydrogen (secondary N) is 1. The fourth-order valence-corrected chi connectivity index (χ4v) is 4.07. The molecule has 1 heterocycles. The number of hydrogen-bond acceptors (Lipinski definition) is 5. The first-order valence-electron chi connectivity index (χ1n) is 11.3. The Morgan fingerprint density at radius 1 is 1.06 bits per heavy atom. The third kappa shape index (κ3) is 6.34. The van der Waals surface area contributed by atoms with Crippen LogP contribution < -0.4 is 15.8 Å². The first-order chi connectivity index (χ1) is 16.1. The van der Waals surface area contributed by atoms with Gasteiger partial charge in [-0.2, -0.15) is 0 Å². The summed E-state index contributed by atoms with van der Waals surface area (Å²) in [5, 5.41) is 12.7. The van der Waals surface area contributed by atoms with E-state index in [0.29, 0.717) is 24.5 Å². The van der Waals surface area contributed by atoms with Gasteiger partial charge in [-0.3, -0.25) is 4.79 Å². The van der Waals surface area contributed by atoms with Gasteiger partial charge >= 0.3 is 5.97 Å². The Morgan fingerprint density at radius 3 is 2.70 bits per heavy atom. The number of nitrogens with two attached hydrogens (primary N) is 1. The molecule has 0 bridgehead atoms. The zero-order valence-electron chi connectivity index (χ0n) is 18.6. The molecule has 4 rings (SSSR count). The number of carboxylic acids is 1. The first-order valence-corrected chi connectivity index (χ1v) is 11.3. The Labute approximate surface area is 194 Å². The van der Waals surface area contributed by atoms with E-state index in [-0.39, 0.29) is 12.5 Å². The summed E-state index contributed by atoms with van der Waals surface area (Å²) in [6, 6.07) is 21.8. The number of benzene rings is 3. The van der Waals surface area contributed by atoms with E-state index in [0.717, 1.165) is 53.9 Å². The van der Waals surface area contributed by atoms with E-state index >= 15 is 0 Å². The van der Waals surface area contributed by atoms with E-state index < -0.39 is 5.97 Å². The van der Waals surface area contributed by atoms with E-state index in [4.69, 9.17) is 15.2 Å². The molecule has 1 atom stereocenters. The second-order valence-electron chi connectivity index (χ2n) is 8.31. The molecule has 0 aromatic heterocycles. The molecule has 172 valence electrons. The number of para-hydroxylation sites is 1. The maximum Gasteiger partial charge on any atom is 0.307 e. The second-order valence-corrected chi connectivity index (χ2v) is 8.31. The van der Waals surface area contributed by atoms with Gasteiger partial charge in [-0.15, -0.1) is 0 Å². The highest BCUT2D eigenvalue weighted by molar-refractivity contribution is 5.71. The number of carbonyl (C=O) groups is 1. The molecule has 1 unspecified atom stereocenters. The number of anilines is 1. The maximum absolute atomic E-state index is 11.2. The van der Waals surface area contributed by atoms with Crippen molar-refractivity contribution in [3.8, 4) is 16.9 Å². The monoisotopic (exact) mass is 446 g/mol. The lowest BCUT2D eigenvalue weighted by molar-refractivity contribution is -0.136. The minimum Gasteiger partial charge on any atom is -0.489 e. The molecule has 1 saturated heterocycles. The number of rotatable bonds is 10. The molecular weight excluding hydrogens is 416 g/mol. The Morgan fingerprint density at radius 2 is 1.91 bits per heavy atom. The van der Waals surface area contributed by atoms with Crippen LogP contribution in [0.5, 0.6) is 5.75 Å². The van der Waals surface area contributed by atoms with Gasteiger partial charge in [0.1, 0.15) is 12.4 Å². The third-order valence-corrected chi connectivity index (χ3v) is 5.76. The van der Waals surface area contributed by atoms with Gasteiger partial charge in [-0.05, 0) is 65.4 Å². The van der Waals surface area contributed by atoms with Crippen molar-refractivity contribution in [3.63, 3.8) is 0 Å². The molecule has 3 aromatic carbocycles. The number of aliphatic carboxylic acids is 1. The van der Waals surface area contributed by atoms with Crippen LogP contribution in [-0.4, -0.2) is 30.3 Å². The van der Waals surface area contributed by atoms with Crippen LogP contribution in [0.4, 0.5) is 5.69 Å². The van der Waals surface area contributed by atoms with Crippen LogP contribution in [0.3, 0.4) is 0 Å². The van der Waals surface area contributed by atoms with Crippen molar-refractivity contribution in [3.05, 3.63) is 83.4 Å². The third-order valence-electron chi connectivity index (χ3n) is 5.76.